The lowest BCUT2D eigenvalue weighted by molar-refractivity contribution is -0.129. The van der Waals surface area contributed by atoms with Crippen molar-refractivity contribution in [1.82, 2.24) is 10.7 Å². The molecule has 0 bridgehead atoms. The Morgan fingerprint density at radius 3 is 2.25 bits per heavy atom. The van der Waals surface area contributed by atoms with Crippen molar-refractivity contribution in [2.75, 3.05) is 18.5 Å². The van der Waals surface area contributed by atoms with Gasteiger partial charge >= 0.3 is 0 Å². The minimum absolute atomic E-state index is 0.127. The van der Waals surface area contributed by atoms with Crippen molar-refractivity contribution in [3.05, 3.63) is 90.0 Å². The number of nitrogens with one attached hydrogen (secondary N) is 3. The number of benzene rings is 3. The molecule has 9 heteroatoms. The molecule has 0 fully saturated rings. The van der Waals surface area contributed by atoms with Crippen molar-refractivity contribution in [3.63, 3.8) is 0 Å². The second-order valence-corrected chi connectivity index (χ2v) is 7.85. The van der Waals surface area contributed by atoms with Crippen LogP contribution in [0, 0.1) is 6.92 Å². The summed E-state index contributed by atoms with van der Waals surface area (Å²) in [5, 5.41) is 9.22. The Kier molecular flexibility index (Phi) is 9.58. The molecule has 0 unspecified atom stereocenters. The molecule has 3 rings (SSSR count). The molecule has 0 aliphatic carbocycles. The fourth-order valence-corrected chi connectivity index (χ4v) is 3.00. The molecule has 3 N–H and O–H groups in total. The van der Waals surface area contributed by atoms with Gasteiger partial charge in [0, 0.05) is 5.69 Å². The first-order valence-electron chi connectivity index (χ1n) is 11.3. The Bertz CT molecular complexity index is 1200. The van der Waals surface area contributed by atoms with Gasteiger partial charge in [0.05, 0.1) is 6.21 Å². The van der Waals surface area contributed by atoms with Crippen LogP contribution < -0.4 is 25.5 Å². The van der Waals surface area contributed by atoms with Crippen LogP contribution in [0.2, 0.25) is 0 Å². The molecule has 0 aliphatic rings. The van der Waals surface area contributed by atoms with E-state index in [1.165, 1.54) is 6.21 Å². The van der Waals surface area contributed by atoms with Gasteiger partial charge in [0.1, 0.15) is 17.5 Å². The third-order valence-electron chi connectivity index (χ3n) is 4.92. The number of nitrogens with zero attached hydrogens (tertiary/aromatic N) is 1. The summed E-state index contributed by atoms with van der Waals surface area (Å²) in [5.41, 5.74) is 4.71. The van der Waals surface area contributed by atoms with E-state index in [1.54, 1.807) is 49.4 Å². The molecular formula is C27H28N4O5. The summed E-state index contributed by atoms with van der Waals surface area (Å²) >= 11 is 0. The molecule has 0 saturated heterocycles. The first-order chi connectivity index (χ1) is 17.4. The molecule has 0 radical (unpaired) electrons. The number of carbonyl (C=O) groups is 3. The van der Waals surface area contributed by atoms with Crippen molar-refractivity contribution < 1.29 is 23.9 Å². The summed E-state index contributed by atoms with van der Waals surface area (Å²) in [7, 11) is 0. The number of carbonyl (C=O) groups excluding carboxylic acids is 3. The first-order valence-corrected chi connectivity index (χ1v) is 11.3. The Hall–Kier alpha value is -4.66. The Labute approximate surface area is 209 Å². The molecule has 0 saturated carbocycles. The number of hydrazone groups is 1. The SMILES string of the molecule is Cc1ccccc1OCC(=O)N[C@H](C)C(=O)NN=Cc1ccc(OCC(=O)Nc2ccccc2)cc1. The zero-order valence-electron chi connectivity index (χ0n) is 20.1. The number of hydrogen-bond acceptors (Lipinski definition) is 6. The molecule has 1 atom stereocenters. The Balaban J connectivity index is 1.37. The van der Waals surface area contributed by atoms with Crippen LogP contribution in [0.5, 0.6) is 11.5 Å². The summed E-state index contributed by atoms with van der Waals surface area (Å²) in [5.74, 6) is -0.0276. The lowest BCUT2D eigenvalue weighted by Gasteiger charge is -2.13. The third-order valence-corrected chi connectivity index (χ3v) is 4.92. The summed E-state index contributed by atoms with van der Waals surface area (Å²) in [6.45, 7) is 3.11. The number of anilines is 1. The average molecular weight is 489 g/mol. The summed E-state index contributed by atoms with van der Waals surface area (Å²) < 4.78 is 11.0. The smallest absolute Gasteiger partial charge is 0.262 e. The second-order valence-electron chi connectivity index (χ2n) is 7.85. The maximum Gasteiger partial charge on any atom is 0.262 e. The minimum Gasteiger partial charge on any atom is -0.484 e. The van der Waals surface area contributed by atoms with E-state index >= 15 is 0 Å². The molecule has 36 heavy (non-hydrogen) atoms. The number of hydrogen-bond donors (Lipinski definition) is 3. The molecule has 3 aromatic carbocycles. The van der Waals surface area contributed by atoms with Crippen LogP contribution in [0.1, 0.15) is 18.1 Å². The number of amides is 3. The van der Waals surface area contributed by atoms with Crippen LogP contribution in [0.3, 0.4) is 0 Å². The fourth-order valence-electron chi connectivity index (χ4n) is 3.00. The van der Waals surface area contributed by atoms with Gasteiger partial charge in [0.2, 0.25) is 0 Å². The van der Waals surface area contributed by atoms with Crippen LogP contribution in [-0.2, 0) is 14.4 Å². The Morgan fingerprint density at radius 2 is 1.53 bits per heavy atom. The van der Waals surface area contributed by atoms with Crippen molar-refractivity contribution in [2.45, 2.75) is 19.9 Å². The van der Waals surface area contributed by atoms with E-state index in [9.17, 15) is 14.4 Å². The van der Waals surface area contributed by atoms with Crippen molar-refractivity contribution >= 4 is 29.6 Å². The zero-order valence-corrected chi connectivity index (χ0v) is 20.1. The van der Waals surface area contributed by atoms with Crippen LogP contribution >= 0.6 is 0 Å². The third kappa shape index (κ3) is 8.60. The van der Waals surface area contributed by atoms with E-state index in [0.29, 0.717) is 22.7 Å². The van der Waals surface area contributed by atoms with E-state index in [2.05, 4.69) is 21.2 Å². The van der Waals surface area contributed by atoms with E-state index in [4.69, 9.17) is 9.47 Å². The lowest BCUT2D eigenvalue weighted by atomic mass is 10.2. The monoisotopic (exact) mass is 488 g/mol. The fraction of sp³-hybridized carbons (Fsp3) is 0.185. The maximum atomic E-state index is 12.2. The summed E-state index contributed by atoms with van der Waals surface area (Å²) in [4.78, 5) is 36.2. The summed E-state index contributed by atoms with van der Waals surface area (Å²) in [6.07, 6.45) is 1.46. The quantitative estimate of drug-likeness (QED) is 0.283. The molecule has 3 aromatic rings. The van der Waals surface area contributed by atoms with Gasteiger partial charge in [-0.15, -0.1) is 0 Å². The number of ether oxygens (including phenoxy) is 2. The number of aryl methyl sites for hydroxylation is 1. The highest BCUT2D eigenvalue weighted by Gasteiger charge is 2.15. The minimum atomic E-state index is -0.798. The van der Waals surface area contributed by atoms with Gasteiger partial charge in [-0.2, -0.15) is 5.10 Å². The molecule has 0 heterocycles. The highest BCUT2D eigenvalue weighted by atomic mass is 16.5. The second kappa shape index (κ2) is 13.3. The molecule has 9 nitrogen and oxygen atoms in total. The predicted molar refractivity (Wildman–Crippen MR) is 137 cm³/mol. The number of rotatable bonds is 11. The molecule has 3 amide bonds. The van der Waals surface area contributed by atoms with Gasteiger partial charge in [-0.25, -0.2) is 5.43 Å². The van der Waals surface area contributed by atoms with E-state index < -0.39 is 17.9 Å². The van der Waals surface area contributed by atoms with Crippen LogP contribution in [-0.4, -0.2) is 43.2 Å². The van der Waals surface area contributed by atoms with Gasteiger partial charge in [-0.1, -0.05) is 36.4 Å². The molecule has 0 aliphatic heterocycles. The van der Waals surface area contributed by atoms with Crippen molar-refractivity contribution in [1.29, 1.82) is 0 Å². The van der Waals surface area contributed by atoms with Crippen LogP contribution in [0.15, 0.2) is 84.0 Å². The average Bonchev–Trinajstić information content (AvgIpc) is 2.88. The van der Waals surface area contributed by atoms with Crippen LogP contribution in [0.25, 0.3) is 0 Å². The maximum absolute atomic E-state index is 12.2. The van der Waals surface area contributed by atoms with Crippen LogP contribution in [0.4, 0.5) is 5.69 Å². The van der Waals surface area contributed by atoms with E-state index in [-0.39, 0.29) is 19.1 Å². The largest absolute Gasteiger partial charge is 0.484 e. The summed E-state index contributed by atoms with van der Waals surface area (Å²) in [6, 6.07) is 22.5. The van der Waals surface area contributed by atoms with Gasteiger partial charge in [-0.05, 0) is 67.4 Å². The Morgan fingerprint density at radius 1 is 0.861 bits per heavy atom. The topological polar surface area (TPSA) is 118 Å². The first kappa shape index (κ1) is 26.0. The van der Waals surface area contributed by atoms with Gasteiger partial charge < -0.3 is 20.1 Å². The predicted octanol–water partition coefficient (Wildman–Crippen LogP) is 3.05. The van der Waals surface area contributed by atoms with E-state index in [0.717, 1.165) is 5.56 Å². The molecular weight excluding hydrogens is 460 g/mol. The molecule has 0 aromatic heterocycles. The van der Waals surface area contributed by atoms with Crippen molar-refractivity contribution in [3.8, 4) is 11.5 Å². The highest BCUT2D eigenvalue weighted by Crippen LogP contribution is 2.15. The lowest BCUT2D eigenvalue weighted by Crippen LogP contribution is -2.45. The van der Waals surface area contributed by atoms with Gasteiger partial charge in [-0.3, -0.25) is 14.4 Å². The van der Waals surface area contributed by atoms with Crippen molar-refractivity contribution in [2.24, 2.45) is 5.10 Å². The standard InChI is InChI=1S/C27H28N4O5/c1-19-8-6-7-11-24(19)36-18-25(32)29-20(2)27(34)31-28-16-21-12-14-23(15-13-21)35-17-26(33)30-22-9-4-3-5-10-22/h3-16,20H,17-18H2,1-2H3,(H,29,32)(H,30,33)(H,31,34)/t20-/m1/s1. The zero-order chi connectivity index (χ0) is 25.8. The highest BCUT2D eigenvalue weighted by molar-refractivity contribution is 5.92. The molecule has 0 spiro atoms. The van der Waals surface area contributed by atoms with Gasteiger partial charge in [0.15, 0.2) is 13.2 Å². The molecule has 186 valence electrons. The van der Waals surface area contributed by atoms with E-state index in [1.807, 2.05) is 43.3 Å². The van der Waals surface area contributed by atoms with Gasteiger partial charge in [0.25, 0.3) is 17.7 Å². The number of para-hydroxylation sites is 2. The normalized spacial score (nSPS) is 11.4.